The van der Waals surface area contributed by atoms with Gasteiger partial charge >= 0.3 is 6.09 Å². The molecule has 2 saturated heterocycles. The number of methoxy groups -OCH3 is 1. The van der Waals surface area contributed by atoms with Gasteiger partial charge in [-0.25, -0.2) is 19.2 Å². The van der Waals surface area contributed by atoms with Crippen LogP contribution in [-0.2, 0) is 4.74 Å². The summed E-state index contributed by atoms with van der Waals surface area (Å²) < 4.78 is 31.6. The summed E-state index contributed by atoms with van der Waals surface area (Å²) in [6, 6.07) is 8.28. The Hall–Kier alpha value is -3.37. The van der Waals surface area contributed by atoms with E-state index in [1.165, 1.54) is 12.4 Å². The average molecular weight is 516 g/mol. The number of nitrogens with one attached hydrogen (secondary N) is 1. The number of likely N-dealkylation sites (tertiary alicyclic amines) is 1. The fourth-order valence-electron chi connectivity index (χ4n) is 4.76. The Balaban J connectivity index is 1.25. The van der Waals surface area contributed by atoms with Crippen molar-refractivity contribution >= 4 is 40.1 Å². The summed E-state index contributed by atoms with van der Waals surface area (Å²) >= 11 is 5.92. The van der Waals surface area contributed by atoms with Crippen molar-refractivity contribution in [2.75, 3.05) is 52.3 Å². The van der Waals surface area contributed by atoms with E-state index in [-0.39, 0.29) is 22.4 Å². The van der Waals surface area contributed by atoms with E-state index in [0.29, 0.717) is 41.4 Å². The second-order valence-electron chi connectivity index (χ2n) is 9.10. The number of benzene rings is 2. The number of nitrogens with zero attached hydrogens (tertiary/aromatic N) is 4. The molecule has 2 aliphatic heterocycles. The van der Waals surface area contributed by atoms with Gasteiger partial charge in [0.1, 0.15) is 17.7 Å². The molecule has 0 saturated carbocycles. The fourth-order valence-corrected chi connectivity index (χ4v) is 4.93. The molecule has 1 aromatic heterocycles. The molecular formula is C25H27ClFN5O4. The minimum atomic E-state index is -0.557. The van der Waals surface area contributed by atoms with Gasteiger partial charge in [-0.05, 0) is 24.6 Å². The van der Waals surface area contributed by atoms with E-state index in [1.807, 2.05) is 0 Å². The van der Waals surface area contributed by atoms with Crippen molar-refractivity contribution in [1.29, 1.82) is 0 Å². The lowest BCUT2D eigenvalue weighted by Gasteiger charge is -2.21. The number of ether oxygens (including phenoxy) is 3. The topological polar surface area (TPSA) is 89.1 Å². The van der Waals surface area contributed by atoms with Gasteiger partial charge in [-0.3, -0.25) is 4.90 Å². The van der Waals surface area contributed by atoms with Gasteiger partial charge in [-0.15, -0.1) is 0 Å². The molecule has 0 radical (unpaired) electrons. The highest BCUT2D eigenvalue weighted by Gasteiger charge is 2.48. The van der Waals surface area contributed by atoms with Gasteiger partial charge in [0, 0.05) is 44.6 Å². The predicted octanol–water partition coefficient (Wildman–Crippen LogP) is 4.47. The molecule has 9 nitrogen and oxygen atoms in total. The van der Waals surface area contributed by atoms with Crippen LogP contribution >= 0.6 is 11.6 Å². The number of likely N-dealkylation sites (N-methyl/N-ethyl adjacent to an activating group) is 1. The Labute approximate surface area is 213 Å². The number of halogens is 2. The third-order valence-electron chi connectivity index (χ3n) is 6.54. The first kappa shape index (κ1) is 24.3. The maximum absolute atomic E-state index is 14.4. The first-order chi connectivity index (χ1) is 17.4. The number of hydrogen-bond donors (Lipinski definition) is 1. The van der Waals surface area contributed by atoms with Crippen LogP contribution in [0.15, 0.2) is 36.7 Å². The van der Waals surface area contributed by atoms with Crippen LogP contribution in [0.4, 0.5) is 20.7 Å². The Morgan fingerprint density at radius 2 is 2.11 bits per heavy atom. The summed E-state index contributed by atoms with van der Waals surface area (Å²) in [4.78, 5) is 24.3. The van der Waals surface area contributed by atoms with Crippen molar-refractivity contribution < 1.29 is 23.4 Å². The van der Waals surface area contributed by atoms with Gasteiger partial charge in [0.2, 0.25) is 0 Å². The normalized spacial score (nSPS) is 19.8. The highest BCUT2D eigenvalue weighted by atomic mass is 35.5. The minimum Gasteiger partial charge on any atom is -0.493 e. The monoisotopic (exact) mass is 515 g/mol. The molecule has 1 amide bonds. The average Bonchev–Trinajstić information content (AvgIpc) is 3.39. The molecule has 2 aromatic carbocycles. The maximum atomic E-state index is 14.4. The number of aromatic nitrogens is 2. The number of carbonyl (C=O) groups excluding carboxylic acids is 1. The van der Waals surface area contributed by atoms with Gasteiger partial charge in [-0.2, -0.15) is 0 Å². The Bertz CT molecular complexity index is 1290. The molecule has 1 unspecified atom stereocenters. The third kappa shape index (κ3) is 4.83. The molecule has 1 spiro atoms. The predicted molar refractivity (Wildman–Crippen MR) is 134 cm³/mol. The number of anilines is 2. The van der Waals surface area contributed by atoms with Crippen LogP contribution in [0.3, 0.4) is 0 Å². The van der Waals surface area contributed by atoms with Gasteiger partial charge in [0.15, 0.2) is 17.3 Å². The van der Waals surface area contributed by atoms with E-state index >= 15 is 0 Å². The molecule has 36 heavy (non-hydrogen) atoms. The van der Waals surface area contributed by atoms with Gasteiger partial charge in [0.25, 0.3) is 0 Å². The van der Waals surface area contributed by atoms with Crippen molar-refractivity contribution in [3.05, 3.63) is 47.5 Å². The second kappa shape index (κ2) is 9.94. The van der Waals surface area contributed by atoms with Gasteiger partial charge < -0.3 is 24.4 Å². The number of rotatable bonds is 8. The first-order valence-electron chi connectivity index (χ1n) is 11.7. The lowest BCUT2D eigenvalue weighted by molar-refractivity contribution is 0.0629. The van der Waals surface area contributed by atoms with Crippen LogP contribution < -0.4 is 14.8 Å². The summed E-state index contributed by atoms with van der Waals surface area (Å²) in [7, 11) is 3.33. The minimum absolute atomic E-state index is 0.0195. The number of fused-ring (bicyclic) bond motifs is 1. The van der Waals surface area contributed by atoms with Crippen LogP contribution in [0.1, 0.15) is 12.8 Å². The van der Waals surface area contributed by atoms with Crippen LogP contribution in [0, 0.1) is 5.82 Å². The number of hydrogen-bond acceptors (Lipinski definition) is 8. The van der Waals surface area contributed by atoms with E-state index in [1.54, 1.807) is 43.3 Å². The zero-order chi connectivity index (χ0) is 25.3. The summed E-state index contributed by atoms with van der Waals surface area (Å²) in [5.74, 6) is 0.950. The maximum Gasteiger partial charge on any atom is 0.410 e. The van der Waals surface area contributed by atoms with Crippen LogP contribution in [0.2, 0.25) is 5.02 Å². The van der Waals surface area contributed by atoms with Crippen molar-refractivity contribution in [2.45, 2.75) is 18.4 Å². The lowest BCUT2D eigenvalue weighted by Crippen LogP contribution is -2.37. The molecule has 0 bridgehead atoms. The zero-order valence-electron chi connectivity index (χ0n) is 20.1. The van der Waals surface area contributed by atoms with Crippen molar-refractivity contribution in [3.63, 3.8) is 0 Å². The zero-order valence-corrected chi connectivity index (χ0v) is 20.8. The summed E-state index contributed by atoms with van der Waals surface area (Å²) in [6.07, 6.45) is 2.77. The Morgan fingerprint density at radius 3 is 2.89 bits per heavy atom. The van der Waals surface area contributed by atoms with E-state index < -0.39 is 5.82 Å². The fraction of sp³-hybridized carbons (Fsp3) is 0.400. The van der Waals surface area contributed by atoms with Crippen molar-refractivity contribution in [1.82, 2.24) is 19.8 Å². The molecule has 3 heterocycles. The second-order valence-corrected chi connectivity index (χ2v) is 9.51. The molecule has 5 rings (SSSR count). The highest BCUT2D eigenvalue weighted by Crippen LogP contribution is 2.36. The molecule has 11 heteroatoms. The van der Waals surface area contributed by atoms with Crippen LogP contribution in [0.5, 0.6) is 11.5 Å². The van der Waals surface area contributed by atoms with E-state index in [0.717, 1.165) is 32.5 Å². The summed E-state index contributed by atoms with van der Waals surface area (Å²) in [6.45, 7) is 3.53. The number of carbonyl (C=O) groups is 1. The highest BCUT2D eigenvalue weighted by molar-refractivity contribution is 6.31. The Kier molecular flexibility index (Phi) is 6.72. The van der Waals surface area contributed by atoms with Crippen molar-refractivity contribution in [3.8, 4) is 11.5 Å². The standard InChI is InChI=1S/C25H27ClFN5O4/c1-31-13-25(36-24(31)33)7-9-32(14-25)8-4-10-35-21-11-16-19(12-20(21)34-2)28-15-29-23(16)30-18-6-3-5-17(26)22(18)27/h3,5-6,11-12,15H,4,7-10,13-14H2,1-2H3,(H,28,29,30). The summed E-state index contributed by atoms with van der Waals surface area (Å²) in [5.41, 5.74) is 0.445. The van der Waals surface area contributed by atoms with Crippen LogP contribution in [0.25, 0.3) is 10.9 Å². The van der Waals surface area contributed by atoms with Crippen LogP contribution in [-0.4, -0.2) is 78.4 Å². The number of amides is 1. The van der Waals surface area contributed by atoms with E-state index in [4.69, 9.17) is 25.8 Å². The SMILES string of the molecule is COc1cc2ncnc(Nc3cccc(Cl)c3F)c2cc1OCCCN1CCC2(C1)CN(C)C(=O)O2. The lowest BCUT2D eigenvalue weighted by atomic mass is 10.0. The molecule has 0 aliphatic carbocycles. The van der Waals surface area contributed by atoms with E-state index in [2.05, 4.69) is 20.2 Å². The van der Waals surface area contributed by atoms with Gasteiger partial charge in [0.05, 0.1) is 36.5 Å². The largest absolute Gasteiger partial charge is 0.493 e. The van der Waals surface area contributed by atoms with E-state index in [9.17, 15) is 9.18 Å². The Morgan fingerprint density at radius 1 is 1.25 bits per heavy atom. The quantitative estimate of drug-likeness (QED) is 0.440. The molecule has 2 aliphatic rings. The molecule has 190 valence electrons. The summed E-state index contributed by atoms with van der Waals surface area (Å²) in [5, 5.41) is 3.68. The van der Waals surface area contributed by atoms with Crippen molar-refractivity contribution in [2.24, 2.45) is 0 Å². The molecule has 1 atom stereocenters. The molecule has 3 aromatic rings. The first-order valence-corrected chi connectivity index (χ1v) is 12.1. The molecule has 2 fully saturated rings. The smallest absolute Gasteiger partial charge is 0.410 e. The van der Waals surface area contributed by atoms with Gasteiger partial charge in [-0.1, -0.05) is 17.7 Å². The third-order valence-corrected chi connectivity index (χ3v) is 6.83. The molecular weight excluding hydrogens is 489 g/mol. The molecule has 1 N–H and O–H groups in total.